The number of nitrogens with one attached hydrogen (secondary N) is 1. The summed E-state index contributed by atoms with van der Waals surface area (Å²) < 4.78 is 5.27. The fourth-order valence-electron chi connectivity index (χ4n) is 2.32. The van der Waals surface area contributed by atoms with E-state index in [1.807, 2.05) is 18.2 Å². The number of carbonyl (C=O) groups excluding carboxylic acids is 1. The molecule has 1 heterocycles. The molecule has 0 bridgehead atoms. The SMILES string of the molecule is COc1ccc(CN2CCNC(=O)CC2)cc1C#CCO. The molecule has 1 amide bonds. The predicted molar refractivity (Wildman–Crippen MR) is 79.9 cm³/mol. The number of benzene rings is 1. The molecular formula is C16H20N2O3. The molecule has 5 nitrogen and oxygen atoms in total. The summed E-state index contributed by atoms with van der Waals surface area (Å²) in [5.41, 5.74) is 1.89. The second kappa shape index (κ2) is 7.67. The number of nitrogens with zero attached hydrogens (tertiary/aromatic N) is 1. The molecule has 1 aromatic rings. The van der Waals surface area contributed by atoms with Crippen LogP contribution in [0.4, 0.5) is 0 Å². The van der Waals surface area contributed by atoms with Crippen molar-refractivity contribution >= 4 is 5.91 Å². The Bertz CT molecular complexity index is 560. The van der Waals surface area contributed by atoms with Gasteiger partial charge < -0.3 is 15.2 Å². The highest BCUT2D eigenvalue weighted by atomic mass is 16.5. The topological polar surface area (TPSA) is 61.8 Å². The summed E-state index contributed by atoms with van der Waals surface area (Å²) in [7, 11) is 1.60. The molecule has 2 N–H and O–H groups in total. The molecule has 0 radical (unpaired) electrons. The van der Waals surface area contributed by atoms with Gasteiger partial charge in [0.15, 0.2) is 0 Å². The zero-order valence-corrected chi connectivity index (χ0v) is 12.2. The molecule has 112 valence electrons. The maximum atomic E-state index is 11.3. The largest absolute Gasteiger partial charge is 0.495 e. The first kappa shape index (κ1) is 15.4. The molecule has 2 rings (SSSR count). The first-order valence-corrected chi connectivity index (χ1v) is 6.98. The lowest BCUT2D eigenvalue weighted by Gasteiger charge is -2.19. The lowest BCUT2D eigenvalue weighted by atomic mass is 10.1. The maximum Gasteiger partial charge on any atom is 0.221 e. The average molecular weight is 288 g/mol. The van der Waals surface area contributed by atoms with E-state index in [1.54, 1.807) is 7.11 Å². The summed E-state index contributed by atoms with van der Waals surface area (Å²) in [6.07, 6.45) is 0.535. The molecule has 0 spiro atoms. The maximum absolute atomic E-state index is 11.3. The van der Waals surface area contributed by atoms with Crippen LogP contribution in [0.2, 0.25) is 0 Å². The van der Waals surface area contributed by atoms with E-state index >= 15 is 0 Å². The second-order valence-electron chi connectivity index (χ2n) is 4.87. The Morgan fingerprint density at radius 2 is 2.29 bits per heavy atom. The van der Waals surface area contributed by atoms with Gasteiger partial charge in [0.25, 0.3) is 0 Å². The van der Waals surface area contributed by atoms with Crippen molar-refractivity contribution in [1.82, 2.24) is 10.2 Å². The number of hydrogen-bond acceptors (Lipinski definition) is 4. The number of rotatable bonds is 3. The second-order valence-corrected chi connectivity index (χ2v) is 4.87. The van der Waals surface area contributed by atoms with Crippen LogP contribution in [0.1, 0.15) is 17.5 Å². The minimum Gasteiger partial charge on any atom is -0.495 e. The molecule has 1 saturated heterocycles. The van der Waals surface area contributed by atoms with Gasteiger partial charge in [0, 0.05) is 32.6 Å². The first-order valence-electron chi connectivity index (χ1n) is 6.98. The Hall–Kier alpha value is -2.03. The highest BCUT2D eigenvalue weighted by molar-refractivity contribution is 5.76. The van der Waals surface area contributed by atoms with Crippen LogP contribution in [0.5, 0.6) is 5.75 Å². The molecule has 1 aliphatic heterocycles. The highest BCUT2D eigenvalue weighted by Gasteiger charge is 2.14. The van der Waals surface area contributed by atoms with Crippen LogP contribution in [0.25, 0.3) is 0 Å². The van der Waals surface area contributed by atoms with E-state index in [9.17, 15) is 4.79 Å². The summed E-state index contributed by atoms with van der Waals surface area (Å²) in [4.78, 5) is 13.6. The van der Waals surface area contributed by atoms with E-state index in [-0.39, 0.29) is 12.5 Å². The smallest absolute Gasteiger partial charge is 0.221 e. The van der Waals surface area contributed by atoms with Gasteiger partial charge in [-0.3, -0.25) is 9.69 Å². The Labute approximate surface area is 124 Å². The fraction of sp³-hybridized carbons (Fsp3) is 0.438. The standard InChI is InChI=1S/C16H20N2O3/c1-21-15-5-4-13(11-14(15)3-2-10-19)12-18-8-6-16(20)17-7-9-18/h4-5,11,19H,6-10,12H2,1H3,(H,17,20). The van der Waals surface area contributed by atoms with Gasteiger partial charge >= 0.3 is 0 Å². The molecule has 5 heteroatoms. The van der Waals surface area contributed by atoms with E-state index in [0.29, 0.717) is 18.7 Å². The van der Waals surface area contributed by atoms with E-state index in [2.05, 4.69) is 22.1 Å². The zero-order chi connectivity index (χ0) is 15.1. The van der Waals surface area contributed by atoms with Gasteiger partial charge in [-0.15, -0.1) is 0 Å². The fourth-order valence-corrected chi connectivity index (χ4v) is 2.32. The monoisotopic (exact) mass is 288 g/mol. The third kappa shape index (κ3) is 4.48. The summed E-state index contributed by atoms with van der Waals surface area (Å²) in [5, 5.41) is 11.7. The molecule has 0 aliphatic carbocycles. The number of amides is 1. The molecule has 0 saturated carbocycles. The molecule has 0 atom stereocenters. The molecule has 21 heavy (non-hydrogen) atoms. The number of aliphatic hydroxyl groups is 1. The number of aliphatic hydroxyl groups excluding tert-OH is 1. The number of methoxy groups -OCH3 is 1. The average Bonchev–Trinajstić information content (AvgIpc) is 2.70. The lowest BCUT2D eigenvalue weighted by Crippen LogP contribution is -2.28. The first-order chi connectivity index (χ1) is 10.2. The van der Waals surface area contributed by atoms with Crippen LogP contribution in [0.15, 0.2) is 18.2 Å². The third-order valence-corrected chi connectivity index (χ3v) is 3.38. The summed E-state index contributed by atoms with van der Waals surface area (Å²) >= 11 is 0. The molecule has 0 unspecified atom stereocenters. The summed E-state index contributed by atoms with van der Waals surface area (Å²) in [6.45, 7) is 2.89. The van der Waals surface area contributed by atoms with Gasteiger partial charge in [0.2, 0.25) is 5.91 Å². The predicted octanol–water partition coefficient (Wildman–Crippen LogP) is 0.361. The van der Waals surface area contributed by atoms with E-state index < -0.39 is 0 Å². The van der Waals surface area contributed by atoms with Crippen LogP contribution in [-0.4, -0.2) is 49.3 Å². The van der Waals surface area contributed by atoms with Crippen molar-refractivity contribution in [2.75, 3.05) is 33.4 Å². The van der Waals surface area contributed by atoms with Crippen LogP contribution in [-0.2, 0) is 11.3 Å². The molecular weight excluding hydrogens is 268 g/mol. The van der Waals surface area contributed by atoms with Crippen molar-refractivity contribution in [3.63, 3.8) is 0 Å². The van der Waals surface area contributed by atoms with E-state index in [4.69, 9.17) is 9.84 Å². The van der Waals surface area contributed by atoms with Crippen molar-refractivity contribution < 1.29 is 14.6 Å². The van der Waals surface area contributed by atoms with Crippen LogP contribution in [0.3, 0.4) is 0 Å². The highest BCUT2D eigenvalue weighted by Crippen LogP contribution is 2.20. The Morgan fingerprint density at radius 3 is 3.05 bits per heavy atom. The van der Waals surface area contributed by atoms with Gasteiger partial charge in [-0.1, -0.05) is 17.9 Å². The number of carbonyl (C=O) groups is 1. The Kier molecular flexibility index (Phi) is 5.61. The minimum absolute atomic E-state index is 0.113. The van der Waals surface area contributed by atoms with Crippen molar-refractivity contribution in [3.05, 3.63) is 29.3 Å². The van der Waals surface area contributed by atoms with Gasteiger partial charge in [-0.05, 0) is 17.7 Å². The van der Waals surface area contributed by atoms with Crippen molar-refractivity contribution in [2.45, 2.75) is 13.0 Å². The molecule has 1 aromatic carbocycles. The Morgan fingerprint density at radius 1 is 1.43 bits per heavy atom. The van der Waals surface area contributed by atoms with Crippen LogP contribution in [0, 0.1) is 11.8 Å². The van der Waals surface area contributed by atoms with Gasteiger partial charge in [-0.2, -0.15) is 0 Å². The molecule has 0 aromatic heterocycles. The summed E-state index contributed by atoms with van der Waals surface area (Å²) in [5.74, 6) is 6.36. The van der Waals surface area contributed by atoms with Crippen molar-refractivity contribution in [2.24, 2.45) is 0 Å². The number of hydrogen-bond donors (Lipinski definition) is 2. The third-order valence-electron chi connectivity index (χ3n) is 3.38. The summed E-state index contributed by atoms with van der Waals surface area (Å²) in [6, 6.07) is 5.86. The van der Waals surface area contributed by atoms with Crippen LogP contribution >= 0.6 is 0 Å². The van der Waals surface area contributed by atoms with Crippen molar-refractivity contribution in [1.29, 1.82) is 0 Å². The lowest BCUT2D eigenvalue weighted by molar-refractivity contribution is -0.120. The quantitative estimate of drug-likeness (QED) is 0.789. The molecule has 1 aliphatic rings. The van der Waals surface area contributed by atoms with Gasteiger partial charge in [0.05, 0.1) is 12.7 Å². The Balaban J connectivity index is 2.10. The normalized spacial score (nSPS) is 15.6. The van der Waals surface area contributed by atoms with Crippen LogP contribution < -0.4 is 10.1 Å². The van der Waals surface area contributed by atoms with E-state index in [0.717, 1.165) is 30.8 Å². The number of ether oxygens (including phenoxy) is 1. The van der Waals surface area contributed by atoms with Gasteiger partial charge in [0.1, 0.15) is 12.4 Å². The van der Waals surface area contributed by atoms with E-state index in [1.165, 1.54) is 0 Å². The van der Waals surface area contributed by atoms with Gasteiger partial charge in [-0.25, -0.2) is 0 Å². The zero-order valence-electron chi connectivity index (χ0n) is 12.2. The minimum atomic E-state index is -0.173. The van der Waals surface area contributed by atoms with Crippen molar-refractivity contribution in [3.8, 4) is 17.6 Å². The molecule has 1 fully saturated rings.